The average Bonchev–Trinajstić information content (AvgIpc) is 2.93. The standard InChI is InChI=1S/C33H67NO4SSi/c1-3-5-7-9-10-11-12-13-14-15-16-17-18-19-21-22-25-32-27-28-37-40(36,38-34-31-32)30-24-29-39-33(35)26-23-20-8-6-4-2/h32,34,36H,3-31H2,1-2H3. The second-order valence-electron chi connectivity index (χ2n) is 12.2. The molecule has 2 N–H and O–H groups in total. The molecule has 0 bridgehead atoms. The first kappa shape index (κ1) is 38.1. The fraction of sp³-hybridized carbons (Fsp3) is 0.970. The van der Waals surface area contributed by atoms with Crippen LogP contribution in [0, 0.1) is 5.92 Å². The molecule has 1 aliphatic heterocycles. The van der Waals surface area contributed by atoms with Crippen molar-refractivity contribution >= 4 is 25.7 Å². The van der Waals surface area contributed by atoms with Crippen molar-refractivity contribution in [2.24, 2.45) is 5.92 Å². The maximum Gasteiger partial charge on any atom is 0.515 e. The average molecular weight is 602 g/mol. The van der Waals surface area contributed by atoms with Gasteiger partial charge in [-0.1, -0.05) is 154 Å². The third-order valence-electron chi connectivity index (χ3n) is 8.31. The highest BCUT2D eigenvalue weighted by molar-refractivity contribution is 8.13. The number of unbranched alkanes of at least 4 members (excludes halogenated alkanes) is 19. The molecule has 1 rings (SSSR count). The van der Waals surface area contributed by atoms with E-state index in [1.54, 1.807) is 0 Å². The summed E-state index contributed by atoms with van der Waals surface area (Å²) in [5.41, 5.74) is 3.04. The van der Waals surface area contributed by atoms with Crippen molar-refractivity contribution in [3.63, 3.8) is 0 Å². The normalized spacial score (nSPS) is 19.9. The molecule has 0 saturated carbocycles. The van der Waals surface area contributed by atoms with E-state index in [0.717, 1.165) is 38.0 Å². The Bertz CT molecular complexity index is 559. The number of carbonyl (C=O) groups is 1. The van der Waals surface area contributed by atoms with Gasteiger partial charge < -0.3 is 9.22 Å². The Labute approximate surface area is 254 Å². The van der Waals surface area contributed by atoms with E-state index in [-0.39, 0.29) is 5.12 Å². The van der Waals surface area contributed by atoms with E-state index in [1.165, 1.54) is 140 Å². The van der Waals surface area contributed by atoms with Gasteiger partial charge in [0.05, 0.1) is 0 Å². The number of hydroxylamine groups is 1. The molecule has 2 atom stereocenters. The molecule has 1 fully saturated rings. The zero-order valence-corrected chi connectivity index (χ0v) is 28.5. The van der Waals surface area contributed by atoms with Crippen LogP contribution in [0.2, 0.25) is 6.04 Å². The molecule has 1 heterocycles. The molecule has 1 saturated heterocycles. The minimum atomic E-state index is -3.17. The Hall–Kier alpha value is 0.0769. The van der Waals surface area contributed by atoms with Crippen LogP contribution in [0.1, 0.15) is 174 Å². The van der Waals surface area contributed by atoms with Crippen LogP contribution in [0.15, 0.2) is 0 Å². The van der Waals surface area contributed by atoms with Crippen LogP contribution in [-0.2, 0) is 13.7 Å². The first-order chi connectivity index (χ1) is 19.6. The van der Waals surface area contributed by atoms with Gasteiger partial charge in [-0.2, -0.15) is 0 Å². The Balaban J connectivity index is 1.92. The lowest BCUT2D eigenvalue weighted by molar-refractivity contribution is -0.111. The van der Waals surface area contributed by atoms with E-state index >= 15 is 0 Å². The zero-order chi connectivity index (χ0) is 29.0. The van der Waals surface area contributed by atoms with Crippen LogP contribution in [-0.4, -0.2) is 37.6 Å². The Morgan fingerprint density at radius 2 is 1.25 bits per heavy atom. The van der Waals surface area contributed by atoms with E-state index in [1.807, 2.05) is 0 Å². The SMILES string of the molecule is CCCCCCCCCCCCCCCCCCC1CCO[Si](O)(CCCSC(=O)CCCCCCC)ONC1. The van der Waals surface area contributed by atoms with E-state index in [9.17, 15) is 9.59 Å². The summed E-state index contributed by atoms with van der Waals surface area (Å²) in [5.74, 6) is 1.29. The lowest BCUT2D eigenvalue weighted by Crippen LogP contribution is -2.49. The molecule has 238 valence electrons. The molecule has 7 heteroatoms. The van der Waals surface area contributed by atoms with Crippen LogP contribution in [0.25, 0.3) is 0 Å². The van der Waals surface area contributed by atoms with Crippen LogP contribution in [0.3, 0.4) is 0 Å². The molecule has 0 aromatic heterocycles. The predicted octanol–water partition coefficient (Wildman–Crippen LogP) is 10.1. The minimum Gasteiger partial charge on any atom is -0.389 e. The van der Waals surface area contributed by atoms with Gasteiger partial charge in [0.2, 0.25) is 0 Å². The van der Waals surface area contributed by atoms with Crippen molar-refractivity contribution in [2.45, 2.75) is 180 Å². The third-order valence-corrected chi connectivity index (χ3v) is 11.4. The smallest absolute Gasteiger partial charge is 0.389 e. The molecule has 5 nitrogen and oxygen atoms in total. The Morgan fingerprint density at radius 3 is 1.80 bits per heavy atom. The van der Waals surface area contributed by atoms with Crippen LogP contribution in [0.4, 0.5) is 0 Å². The molecule has 0 spiro atoms. The largest absolute Gasteiger partial charge is 0.515 e. The summed E-state index contributed by atoms with van der Waals surface area (Å²) in [4.78, 5) is 22.9. The van der Waals surface area contributed by atoms with Crippen LogP contribution < -0.4 is 5.48 Å². The van der Waals surface area contributed by atoms with E-state index in [0.29, 0.717) is 25.0 Å². The molecular weight excluding hydrogens is 535 g/mol. The second-order valence-corrected chi connectivity index (χ2v) is 15.8. The van der Waals surface area contributed by atoms with E-state index in [4.69, 9.17) is 8.95 Å². The fourth-order valence-corrected chi connectivity index (χ4v) is 8.30. The molecular formula is C33H67NO4SSi. The van der Waals surface area contributed by atoms with Crippen LogP contribution in [0.5, 0.6) is 0 Å². The summed E-state index contributed by atoms with van der Waals surface area (Å²) < 4.78 is 11.5. The molecule has 0 aromatic carbocycles. The number of hydrogen-bond acceptors (Lipinski definition) is 6. The fourth-order valence-electron chi connectivity index (χ4n) is 5.57. The van der Waals surface area contributed by atoms with E-state index in [2.05, 4.69) is 19.3 Å². The molecule has 0 aliphatic carbocycles. The Morgan fingerprint density at radius 1 is 0.750 bits per heavy atom. The molecule has 40 heavy (non-hydrogen) atoms. The first-order valence-corrected chi connectivity index (χ1v) is 20.5. The monoisotopic (exact) mass is 601 g/mol. The topological polar surface area (TPSA) is 67.8 Å². The van der Waals surface area contributed by atoms with Crippen molar-refractivity contribution in [3.05, 3.63) is 0 Å². The van der Waals surface area contributed by atoms with Gasteiger partial charge in [-0.05, 0) is 31.6 Å². The number of nitrogens with one attached hydrogen (secondary N) is 1. The molecule has 0 aromatic rings. The van der Waals surface area contributed by atoms with Gasteiger partial charge in [-0.3, -0.25) is 9.32 Å². The number of rotatable bonds is 27. The highest BCUT2D eigenvalue weighted by Crippen LogP contribution is 2.22. The third kappa shape index (κ3) is 23.6. The lowest BCUT2D eigenvalue weighted by Gasteiger charge is -2.29. The van der Waals surface area contributed by atoms with Gasteiger partial charge in [0.1, 0.15) is 0 Å². The highest BCUT2D eigenvalue weighted by atomic mass is 32.2. The summed E-state index contributed by atoms with van der Waals surface area (Å²) in [6.07, 6.45) is 31.9. The maximum atomic E-state index is 12.0. The maximum absolute atomic E-state index is 12.0. The van der Waals surface area contributed by atoms with Crippen molar-refractivity contribution < 1.29 is 18.5 Å². The van der Waals surface area contributed by atoms with Crippen molar-refractivity contribution in [3.8, 4) is 0 Å². The van der Waals surface area contributed by atoms with Crippen molar-refractivity contribution in [1.29, 1.82) is 0 Å². The highest BCUT2D eigenvalue weighted by Gasteiger charge is 2.38. The molecule has 1 aliphatic rings. The number of thioether (sulfide) groups is 1. The number of carbonyl (C=O) groups excluding carboxylic acids is 1. The molecule has 0 radical (unpaired) electrons. The van der Waals surface area contributed by atoms with E-state index < -0.39 is 8.80 Å². The molecule has 2 unspecified atom stereocenters. The summed E-state index contributed by atoms with van der Waals surface area (Å²) in [5, 5.41) is 0.278. The summed E-state index contributed by atoms with van der Waals surface area (Å²) in [6, 6.07) is 0.514. The van der Waals surface area contributed by atoms with Crippen molar-refractivity contribution in [1.82, 2.24) is 5.48 Å². The summed E-state index contributed by atoms with van der Waals surface area (Å²) in [7, 11) is -3.17. The Kier molecular flexibility index (Phi) is 26.6. The summed E-state index contributed by atoms with van der Waals surface area (Å²) in [6.45, 7) is 5.87. The van der Waals surface area contributed by atoms with Gasteiger partial charge in [0, 0.05) is 31.4 Å². The molecule has 0 amide bonds. The van der Waals surface area contributed by atoms with Gasteiger partial charge >= 0.3 is 8.80 Å². The minimum absolute atomic E-state index is 0.278. The summed E-state index contributed by atoms with van der Waals surface area (Å²) >= 11 is 1.40. The lowest BCUT2D eigenvalue weighted by atomic mass is 9.97. The van der Waals surface area contributed by atoms with Gasteiger partial charge in [-0.15, -0.1) is 0 Å². The first-order valence-electron chi connectivity index (χ1n) is 17.5. The predicted molar refractivity (Wildman–Crippen MR) is 176 cm³/mol. The zero-order valence-electron chi connectivity index (χ0n) is 26.7. The van der Waals surface area contributed by atoms with Crippen molar-refractivity contribution in [2.75, 3.05) is 18.9 Å². The number of hydrogen-bond donors (Lipinski definition) is 2. The quantitative estimate of drug-likeness (QED) is 0.0721. The second kappa shape index (κ2) is 27.9. The van der Waals surface area contributed by atoms with Gasteiger partial charge in [-0.25, -0.2) is 5.48 Å². The van der Waals surface area contributed by atoms with Gasteiger partial charge in [0.15, 0.2) is 5.12 Å². The van der Waals surface area contributed by atoms with Crippen LogP contribution >= 0.6 is 11.8 Å². The van der Waals surface area contributed by atoms with Gasteiger partial charge in [0.25, 0.3) is 0 Å².